The Labute approximate surface area is 99.5 Å². The Morgan fingerprint density at radius 3 is 2.71 bits per heavy atom. The van der Waals surface area contributed by atoms with Crippen LogP contribution in [0.3, 0.4) is 0 Å². The van der Waals surface area contributed by atoms with E-state index in [1.54, 1.807) is 30.5 Å². The summed E-state index contributed by atoms with van der Waals surface area (Å²) in [6.45, 7) is 0.637. The molecule has 0 unspecified atom stereocenters. The zero-order valence-electron chi connectivity index (χ0n) is 9.36. The SMILES string of the molecule is Nc1ccc(NCCc2ccccc2F)nc1. The first-order valence-electron chi connectivity index (χ1n) is 5.44. The Hall–Kier alpha value is -2.10. The molecule has 0 atom stereocenters. The summed E-state index contributed by atoms with van der Waals surface area (Å²) in [5.41, 5.74) is 6.86. The average molecular weight is 231 g/mol. The predicted octanol–water partition coefficient (Wildman–Crippen LogP) is 2.46. The summed E-state index contributed by atoms with van der Waals surface area (Å²) in [7, 11) is 0. The van der Waals surface area contributed by atoms with Crippen molar-refractivity contribution in [1.29, 1.82) is 0 Å². The lowest BCUT2D eigenvalue weighted by Crippen LogP contribution is -2.07. The van der Waals surface area contributed by atoms with Gasteiger partial charge in [0.25, 0.3) is 0 Å². The van der Waals surface area contributed by atoms with E-state index >= 15 is 0 Å². The zero-order valence-corrected chi connectivity index (χ0v) is 9.36. The Bertz CT molecular complexity index is 482. The Balaban J connectivity index is 1.88. The van der Waals surface area contributed by atoms with Crippen LogP contribution < -0.4 is 11.1 Å². The second-order valence-corrected chi connectivity index (χ2v) is 3.74. The lowest BCUT2D eigenvalue weighted by Gasteiger charge is -2.06. The number of anilines is 2. The molecule has 1 aromatic heterocycles. The number of nitrogens with zero attached hydrogens (tertiary/aromatic N) is 1. The Morgan fingerprint density at radius 1 is 1.18 bits per heavy atom. The highest BCUT2D eigenvalue weighted by atomic mass is 19.1. The molecular weight excluding hydrogens is 217 g/mol. The van der Waals surface area contributed by atoms with Gasteiger partial charge in [-0.05, 0) is 30.2 Å². The molecule has 0 radical (unpaired) electrons. The number of aromatic nitrogens is 1. The smallest absolute Gasteiger partial charge is 0.126 e. The normalized spacial score (nSPS) is 10.2. The second kappa shape index (κ2) is 5.30. The molecule has 2 aromatic rings. The number of hydrogen-bond donors (Lipinski definition) is 2. The fourth-order valence-corrected chi connectivity index (χ4v) is 1.54. The van der Waals surface area contributed by atoms with Gasteiger partial charge in [-0.3, -0.25) is 0 Å². The molecule has 0 aliphatic rings. The number of nitrogen functional groups attached to an aromatic ring is 1. The fraction of sp³-hybridized carbons (Fsp3) is 0.154. The summed E-state index contributed by atoms with van der Waals surface area (Å²) in [4.78, 5) is 4.10. The number of halogens is 1. The quantitative estimate of drug-likeness (QED) is 0.849. The van der Waals surface area contributed by atoms with Gasteiger partial charge >= 0.3 is 0 Å². The molecule has 0 aliphatic carbocycles. The molecule has 3 nitrogen and oxygen atoms in total. The van der Waals surface area contributed by atoms with Crippen molar-refractivity contribution >= 4 is 11.5 Å². The molecule has 88 valence electrons. The van der Waals surface area contributed by atoms with Gasteiger partial charge in [0.05, 0.1) is 11.9 Å². The molecule has 0 saturated heterocycles. The summed E-state index contributed by atoms with van der Waals surface area (Å²) in [6.07, 6.45) is 2.21. The molecule has 3 N–H and O–H groups in total. The maximum Gasteiger partial charge on any atom is 0.126 e. The molecule has 0 saturated carbocycles. The third kappa shape index (κ3) is 3.17. The van der Waals surface area contributed by atoms with E-state index in [0.29, 0.717) is 24.2 Å². The minimum absolute atomic E-state index is 0.167. The summed E-state index contributed by atoms with van der Waals surface area (Å²) in [5, 5.41) is 3.11. The van der Waals surface area contributed by atoms with Crippen molar-refractivity contribution in [3.8, 4) is 0 Å². The first-order chi connectivity index (χ1) is 8.25. The summed E-state index contributed by atoms with van der Waals surface area (Å²) < 4.78 is 13.3. The summed E-state index contributed by atoms with van der Waals surface area (Å²) in [5.74, 6) is 0.579. The number of pyridine rings is 1. The molecule has 4 heteroatoms. The van der Waals surface area contributed by atoms with Gasteiger partial charge in [-0.2, -0.15) is 0 Å². The molecule has 0 spiro atoms. The van der Waals surface area contributed by atoms with Crippen molar-refractivity contribution in [3.63, 3.8) is 0 Å². The topological polar surface area (TPSA) is 50.9 Å². The highest BCUT2D eigenvalue weighted by Gasteiger charge is 2.00. The highest BCUT2D eigenvalue weighted by molar-refractivity contribution is 5.43. The molecule has 0 amide bonds. The predicted molar refractivity (Wildman–Crippen MR) is 67.2 cm³/mol. The molecule has 1 aromatic carbocycles. The summed E-state index contributed by atoms with van der Waals surface area (Å²) in [6, 6.07) is 10.4. The third-order valence-electron chi connectivity index (χ3n) is 2.44. The van der Waals surface area contributed by atoms with Gasteiger partial charge in [0.1, 0.15) is 11.6 Å². The minimum atomic E-state index is -0.167. The van der Waals surface area contributed by atoms with E-state index < -0.39 is 0 Å². The maximum absolute atomic E-state index is 13.3. The van der Waals surface area contributed by atoms with Crippen molar-refractivity contribution in [2.45, 2.75) is 6.42 Å². The molecule has 17 heavy (non-hydrogen) atoms. The van der Waals surface area contributed by atoms with Crippen molar-refractivity contribution in [2.24, 2.45) is 0 Å². The first kappa shape index (κ1) is 11.4. The van der Waals surface area contributed by atoms with E-state index in [0.717, 1.165) is 5.82 Å². The van der Waals surface area contributed by atoms with Crippen LogP contribution in [0.4, 0.5) is 15.9 Å². The van der Waals surface area contributed by atoms with E-state index in [9.17, 15) is 4.39 Å². The molecule has 1 heterocycles. The van der Waals surface area contributed by atoms with E-state index in [2.05, 4.69) is 10.3 Å². The van der Waals surface area contributed by atoms with Gasteiger partial charge in [0.2, 0.25) is 0 Å². The van der Waals surface area contributed by atoms with Crippen LogP contribution in [0.2, 0.25) is 0 Å². The van der Waals surface area contributed by atoms with Crippen molar-refractivity contribution in [3.05, 3.63) is 54.0 Å². The van der Waals surface area contributed by atoms with Gasteiger partial charge in [-0.25, -0.2) is 9.37 Å². The van der Waals surface area contributed by atoms with Gasteiger partial charge in [-0.1, -0.05) is 18.2 Å². The fourth-order valence-electron chi connectivity index (χ4n) is 1.54. The third-order valence-corrected chi connectivity index (χ3v) is 2.44. The molecule has 2 rings (SSSR count). The maximum atomic E-state index is 13.3. The number of nitrogens with one attached hydrogen (secondary N) is 1. The van der Waals surface area contributed by atoms with Crippen molar-refractivity contribution in [1.82, 2.24) is 4.98 Å². The number of rotatable bonds is 4. The molecular formula is C13H14FN3. The molecule has 0 fully saturated rings. The number of nitrogens with two attached hydrogens (primary N) is 1. The van der Waals surface area contributed by atoms with Crippen LogP contribution >= 0.6 is 0 Å². The van der Waals surface area contributed by atoms with Gasteiger partial charge < -0.3 is 11.1 Å². The largest absolute Gasteiger partial charge is 0.397 e. The van der Waals surface area contributed by atoms with Gasteiger partial charge in [0, 0.05) is 6.54 Å². The lowest BCUT2D eigenvalue weighted by molar-refractivity contribution is 0.610. The van der Waals surface area contributed by atoms with Crippen LogP contribution in [-0.2, 0) is 6.42 Å². The van der Waals surface area contributed by atoms with Crippen LogP contribution in [-0.4, -0.2) is 11.5 Å². The second-order valence-electron chi connectivity index (χ2n) is 3.74. The standard InChI is InChI=1S/C13H14FN3/c14-12-4-2-1-3-10(12)7-8-16-13-6-5-11(15)9-17-13/h1-6,9H,7-8,15H2,(H,16,17). The highest BCUT2D eigenvalue weighted by Crippen LogP contribution is 2.09. The lowest BCUT2D eigenvalue weighted by atomic mass is 10.1. The number of benzene rings is 1. The Kier molecular flexibility index (Phi) is 3.55. The van der Waals surface area contributed by atoms with Gasteiger partial charge in [-0.15, -0.1) is 0 Å². The zero-order chi connectivity index (χ0) is 12.1. The summed E-state index contributed by atoms with van der Waals surface area (Å²) >= 11 is 0. The van der Waals surface area contributed by atoms with E-state index in [4.69, 9.17) is 5.73 Å². The minimum Gasteiger partial charge on any atom is -0.397 e. The molecule has 0 bridgehead atoms. The van der Waals surface area contributed by atoms with Crippen LogP contribution in [0.25, 0.3) is 0 Å². The molecule has 0 aliphatic heterocycles. The van der Waals surface area contributed by atoms with Crippen LogP contribution in [0.5, 0.6) is 0 Å². The van der Waals surface area contributed by atoms with Crippen LogP contribution in [0.1, 0.15) is 5.56 Å². The van der Waals surface area contributed by atoms with E-state index in [-0.39, 0.29) is 5.82 Å². The van der Waals surface area contributed by atoms with Crippen molar-refractivity contribution in [2.75, 3.05) is 17.6 Å². The van der Waals surface area contributed by atoms with Crippen molar-refractivity contribution < 1.29 is 4.39 Å². The average Bonchev–Trinajstić information content (AvgIpc) is 2.34. The number of hydrogen-bond acceptors (Lipinski definition) is 3. The van der Waals surface area contributed by atoms with Crippen LogP contribution in [0.15, 0.2) is 42.6 Å². The van der Waals surface area contributed by atoms with E-state index in [1.807, 2.05) is 6.07 Å². The Morgan fingerprint density at radius 2 is 2.00 bits per heavy atom. The van der Waals surface area contributed by atoms with E-state index in [1.165, 1.54) is 6.07 Å². The monoisotopic (exact) mass is 231 g/mol. The van der Waals surface area contributed by atoms with Gasteiger partial charge in [0.15, 0.2) is 0 Å². The van der Waals surface area contributed by atoms with Crippen LogP contribution in [0, 0.1) is 5.82 Å². The first-order valence-corrected chi connectivity index (χ1v) is 5.44.